The molecule has 37 heavy (non-hydrogen) atoms. The summed E-state index contributed by atoms with van der Waals surface area (Å²) < 4.78 is 12.5. The highest BCUT2D eigenvalue weighted by Crippen LogP contribution is 2.30. The number of nitrogens with one attached hydrogen (secondary N) is 2. The third-order valence-corrected chi connectivity index (χ3v) is 6.98. The third-order valence-electron chi connectivity index (χ3n) is 5.95. The Labute approximate surface area is 230 Å². The van der Waals surface area contributed by atoms with E-state index in [1.54, 1.807) is 0 Å². The number of aliphatic hydroxyl groups excluding tert-OH is 1. The molecule has 7 nitrogen and oxygen atoms in total. The highest BCUT2D eigenvalue weighted by molar-refractivity contribution is 9.10. The number of nitrogens with zero attached hydrogens (tertiary/aromatic N) is 1. The molecular formula is C28H29BrClN3O4. The van der Waals surface area contributed by atoms with Gasteiger partial charge in [0.05, 0.1) is 6.61 Å². The maximum absolute atomic E-state index is 13.5. The van der Waals surface area contributed by atoms with Gasteiger partial charge in [-0.2, -0.15) is 0 Å². The smallest absolute Gasteiger partial charge is 0.266 e. The van der Waals surface area contributed by atoms with Crippen LogP contribution in [0.1, 0.15) is 23.1 Å². The van der Waals surface area contributed by atoms with Crippen LogP contribution >= 0.6 is 27.5 Å². The van der Waals surface area contributed by atoms with Crippen molar-refractivity contribution in [2.24, 2.45) is 4.99 Å². The van der Waals surface area contributed by atoms with Gasteiger partial charge in [0.2, 0.25) is 5.90 Å². The van der Waals surface area contributed by atoms with Crippen molar-refractivity contribution in [3.8, 4) is 5.75 Å². The van der Waals surface area contributed by atoms with Crippen LogP contribution in [-0.2, 0) is 22.4 Å². The van der Waals surface area contributed by atoms with Crippen molar-refractivity contribution in [3.63, 3.8) is 0 Å². The van der Waals surface area contributed by atoms with Gasteiger partial charge in [0.25, 0.3) is 5.91 Å². The normalized spacial score (nSPS) is 16.7. The number of halogens is 2. The zero-order valence-corrected chi connectivity index (χ0v) is 22.6. The summed E-state index contributed by atoms with van der Waals surface area (Å²) >= 11 is 9.54. The molecule has 1 atom stereocenters. The molecule has 0 saturated heterocycles. The first-order chi connectivity index (χ1) is 18.0. The van der Waals surface area contributed by atoms with Crippen LogP contribution in [0.4, 0.5) is 0 Å². The number of rotatable bonds is 12. The van der Waals surface area contributed by atoms with E-state index in [4.69, 9.17) is 31.2 Å². The van der Waals surface area contributed by atoms with E-state index in [0.717, 1.165) is 27.6 Å². The lowest BCUT2D eigenvalue weighted by atomic mass is 9.91. The predicted octanol–water partition coefficient (Wildman–Crippen LogP) is 4.49. The Morgan fingerprint density at radius 2 is 1.86 bits per heavy atom. The van der Waals surface area contributed by atoms with Crippen molar-refractivity contribution in [1.82, 2.24) is 10.9 Å². The quantitative estimate of drug-likeness (QED) is 0.215. The number of hydrogen-bond donors (Lipinski definition) is 3. The second kappa shape index (κ2) is 13.1. The fraction of sp³-hybridized carbons (Fsp3) is 0.286. The predicted molar refractivity (Wildman–Crippen MR) is 148 cm³/mol. The molecule has 194 valence electrons. The molecule has 1 heterocycles. The summed E-state index contributed by atoms with van der Waals surface area (Å²) in [5, 5.41) is 9.61. The molecule has 1 aliphatic rings. The highest BCUT2D eigenvalue weighted by Gasteiger charge is 2.45. The van der Waals surface area contributed by atoms with E-state index in [-0.39, 0.29) is 19.1 Å². The number of carbonyl (C=O) groups excluding carboxylic acids is 1. The summed E-state index contributed by atoms with van der Waals surface area (Å²) in [4.78, 5) is 18.3. The molecule has 0 fully saturated rings. The van der Waals surface area contributed by atoms with E-state index in [2.05, 4.69) is 26.8 Å². The zero-order chi connectivity index (χ0) is 26.1. The van der Waals surface area contributed by atoms with Gasteiger partial charge in [-0.3, -0.25) is 10.2 Å². The number of benzene rings is 3. The first-order valence-corrected chi connectivity index (χ1v) is 13.2. The number of aliphatic imine (C=N–C) groups is 1. The minimum atomic E-state index is -1.14. The van der Waals surface area contributed by atoms with Crippen LogP contribution in [0.3, 0.4) is 0 Å². The first-order valence-electron chi connectivity index (χ1n) is 12.1. The van der Waals surface area contributed by atoms with Gasteiger partial charge in [-0.05, 0) is 60.0 Å². The summed E-state index contributed by atoms with van der Waals surface area (Å²) in [6.45, 7) is 1.19. The number of amides is 1. The fourth-order valence-corrected chi connectivity index (χ4v) is 4.45. The lowest BCUT2D eigenvalue weighted by molar-refractivity contribution is -0.127. The molecule has 0 bridgehead atoms. The van der Waals surface area contributed by atoms with Crippen LogP contribution in [0.2, 0.25) is 5.02 Å². The van der Waals surface area contributed by atoms with Gasteiger partial charge in [-0.15, -0.1) is 0 Å². The minimum Gasteiger partial charge on any atom is -0.494 e. The van der Waals surface area contributed by atoms with Crippen molar-refractivity contribution in [2.75, 3.05) is 26.4 Å². The van der Waals surface area contributed by atoms with E-state index >= 15 is 0 Å². The van der Waals surface area contributed by atoms with Gasteiger partial charge in [0.15, 0.2) is 5.54 Å². The summed E-state index contributed by atoms with van der Waals surface area (Å²) in [6, 6.07) is 22.8. The molecule has 1 amide bonds. The van der Waals surface area contributed by atoms with Crippen LogP contribution < -0.4 is 15.6 Å². The Hall–Kier alpha value is -2.91. The molecule has 3 aromatic rings. The van der Waals surface area contributed by atoms with E-state index in [1.807, 2.05) is 72.8 Å². The summed E-state index contributed by atoms with van der Waals surface area (Å²) in [6.07, 6.45) is 1.66. The summed E-state index contributed by atoms with van der Waals surface area (Å²) in [5.74, 6) is 0.835. The maximum atomic E-state index is 13.5. The number of hydrogen-bond acceptors (Lipinski definition) is 6. The lowest BCUT2D eigenvalue weighted by Gasteiger charge is -2.24. The van der Waals surface area contributed by atoms with E-state index in [0.29, 0.717) is 42.7 Å². The van der Waals surface area contributed by atoms with Crippen molar-refractivity contribution in [3.05, 3.63) is 99.0 Å². The van der Waals surface area contributed by atoms with E-state index < -0.39 is 5.54 Å². The first kappa shape index (κ1) is 27.1. The van der Waals surface area contributed by atoms with Gasteiger partial charge in [-0.1, -0.05) is 57.9 Å². The van der Waals surface area contributed by atoms with Crippen LogP contribution in [0.25, 0.3) is 0 Å². The van der Waals surface area contributed by atoms with Crippen molar-refractivity contribution >= 4 is 39.3 Å². The summed E-state index contributed by atoms with van der Waals surface area (Å²) in [5.41, 5.74) is 7.56. The van der Waals surface area contributed by atoms with Crippen LogP contribution in [-0.4, -0.2) is 48.8 Å². The Morgan fingerprint density at radius 1 is 1.11 bits per heavy atom. The standard InChI is InChI=1S/C28H29BrClN3O4/c29-25-5-2-1-4-22(25)18-28(27(35)33-31-15-14-20-6-10-23(30)11-7-20)19-37-26(32-28)21-8-12-24(13-9-21)36-17-3-16-34/h1-2,4-13,31,34H,3,14-19H2,(H,33,35)/t28-/m0/s1. The topological polar surface area (TPSA) is 92.2 Å². The van der Waals surface area contributed by atoms with Gasteiger partial charge >= 0.3 is 0 Å². The zero-order valence-electron chi connectivity index (χ0n) is 20.3. The van der Waals surface area contributed by atoms with Gasteiger partial charge in [-0.25, -0.2) is 10.4 Å². The summed E-state index contributed by atoms with van der Waals surface area (Å²) in [7, 11) is 0. The van der Waals surface area contributed by atoms with Crippen LogP contribution in [0.15, 0.2) is 82.3 Å². The van der Waals surface area contributed by atoms with Crippen molar-refractivity contribution in [2.45, 2.75) is 24.8 Å². The molecule has 9 heteroatoms. The van der Waals surface area contributed by atoms with Gasteiger partial charge in [0, 0.05) is 41.1 Å². The molecule has 3 N–H and O–H groups in total. The Morgan fingerprint density at radius 3 is 2.59 bits per heavy atom. The molecular weight excluding hydrogens is 558 g/mol. The number of hydrazine groups is 1. The molecule has 0 radical (unpaired) electrons. The lowest BCUT2D eigenvalue weighted by Crippen LogP contribution is -2.53. The molecule has 3 aromatic carbocycles. The number of ether oxygens (including phenoxy) is 2. The maximum Gasteiger partial charge on any atom is 0.266 e. The third kappa shape index (κ3) is 7.32. The number of carbonyl (C=O) groups is 1. The number of aliphatic hydroxyl groups is 1. The largest absolute Gasteiger partial charge is 0.494 e. The molecule has 0 spiro atoms. The van der Waals surface area contributed by atoms with Crippen molar-refractivity contribution < 1.29 is 19.4 Å². The van der Waals surface area contributed by atoms with Crippen LogP contribution in [0.5, 0.6) is 5.75 Å². The monoisotopic (exact) mass is 585 g/mol. The molecule has 1 aliphatic heterocycles. The Bertz CT molecular complexity index is 1220. The Kier molecular flexibility index (Phi) is 9.57. The molecule has 0 unspecified atom stereocenters. The van der Waals surface area contributed by atoms with Crippen LogP contribution in [0, 0.1) is 0 Å². The van der Waals surface area contributed by atoms with Gasteiger partial charge in [0.1, 0.15) is 12.4 Å². The molecule has 0 aromatic heterocycles. The fourth-order valence-electron chi connectivity index (χ4n) is 3.90. The average molecular weight is 587 g/mol. The van der Waals surface area contributed by atoms with E-state index in [9.17, 15) is 4.79 Å². The second-order valence-corrected chi connectivity index (χ2v) is 10.0. The van der Waals surface area contributed by atoms with E-state index in [1.165, 1.54) is 0 Å². The molecule has 0 aliphatic carbocycles. The average Bonchev–Trinajstić information content (AvgIpc) is 3.35. The van der Waals surface area contributed by atoms with Gasteiger partial charge < -0.3 is 14.6 Å². The molecule has 4 rings (SSSR count). The SMILES string of the molecule is O=C(NNCCc1ccc(Cl)cc1)[C@]1(Cc2ccccc2Br)COC(c2ccc(OCCCO)cc2)=N1. The minimum absolute atomic E-state index is 0.0837. The Balaban J connectivity index is 1.47. The highest BCUT2D eigenvalue weighted by atomic mass is 79.9. The second-order valence-electron chi connectivity index (χ2n) is 8.71. The van der Waals surface area contributed by atoms with Crippen molar-refractivity contribution in [1.29, 1.82) is 0 Å². The molecule has 0 saturated carbocycles.